The van der Waals surface area contributed by atoms with Crippen molar-refractivity contribution in [2.24, 2.45) is 11.7 Å². The molecule has 17 heavy (non-hydrogen) atoms. The summed E-state index contributed by atoms with van der Waals surface area (Å²) >= 11 is 0. The van der Waals surface area contributed by atoms with Gasteiger partial charge in [-0.25, -0.2) is 4.98 Å². The van der Waals surface area contributed by atoms with E-state index >= 15 is 0 Å². The third-order valence-corrected chi connectivity index (χ3v) is 3.20. The topological polar surface area (TPSA) is 50.9 Å². The lowest BCUT2D eigenvalue weighted by Crippen LogP contribution is -2.29. The van der Waals surface area contributed by atoms with Gasteiger partial charge < -0.3 is 11.1 Å². The second kappa shape index (κ2) is 5.15. The van der Waals surface area contributed by atoms with Crippen LogP contribution in [-0.2, 0) is 0 Å². The SMILES string of the molecule is CC(CN)C(C)Nc1ccc2ccccc2n1. The van der Waals surface area contributed by atoms with E-state index in [1.54, 1.807) is 0 Å². The van der Waals surface area contributed by atoms with Gasteiger partial charge in [-0.15, -0.1) is 0 Å². The predicted molar refractivity (Wildman–Crippen MR) is 73.0 cm³/mol. The Morgan fingerprint density at radius 1 is 1.18 bits per heavy atom. The van der Waals surface area contributed by atoms with E-state index in [4.69, 9.17) is 5.73 Å². The van der Waals surface area contributed by atoms with E-state index in [1.807, 2.05) is 24.3 Å². The molecular formula is C14H19N3. The van der Waals surface area contributed by atoms with Gasteiger partial charge in [0.1, 0.15) is 5.82 Å². The Kier molecular flexibility index (Phi) is 3.59. The Morgan fingerprint density at radius 3 is 2.71 bits per heavy atom. The van der Waals surface area contributed by atoms with Crippen molar-refractivity contribution in [1.29, 1.82) is 0 Å². The Hall–Kier alpha value is -1.61. The van der Waals surface area contributed by atoms with E-state index in [2.05, 4.69) is 36.3 Å². The maximum Gasteiger partial charge on any atom is 0.126 e. The molecule has 1 heterocycles. The maximum absolute atomic E-state index is 5.66. The molecule has 0 spiro atoms. The maximum atomic E-state index is 5.66. The standard InChI is InChI=1S/C14H19N3/c1-10(9-15)11(2)16-14-8-7-12-5-3-4-6-13(12)17-14/h3-8,10-11H,9,15H2,1-2H3,(H,16,17). The molecule has 0 aliphatic rings. The first kappa shape index (κ1) is 11.9. The third-order valence-electron chi connectivity index (χ3n) is 3.20. The van der Waals surface area contributed by atoms with Gasteiger partial charge in [-0.1, -0.05) is 25.1 Å². The number of fused-ring (bicyclic) bond motifs is 1. The monoisotopic (exact) mass is 229 g/mol. The first-order chi connectivity index (χ1) is 8.20. The quantitative estimate of drug-likeness (QED) is 0.847. The van der Waals surface area contributed by atoms with E-state index in [0.717, 1.165) is 16.7 Å². The van der Waals surface area contributed by atoms with Crippen LogP contribution in [0.4, 0.5) is 5.82 Å². The van der Waals surface area contributed by atoms with Crippen LogP contribution in [0, 0.1) is 5.92 Å². The molecule has 90 valence electrons. The highest BCUT2D eigenvalue weighted by molar-refractivity contribution is 5.80. The molecule has 2 unspecified atom stereocenters. The molecule has 0 radical (unpaired) electrons. The summed E-state index contributed by atoms with van der Waals surface area (Å²) in [5, 5.41) is 4.56. The third kappa shape index (κ3) is 2.74. The van der Waals surface area contributed by atoms with Gasteiger partial charge in [-0.05, 0) is 37.6 Å². The van der Waals surface area contributed by atoms with E-state index in [1.165, 1.54) is 0 Å². The Morgan fingerprint density at radius 2 is 1.94 bits per heavy atom. The molecule has 0 bridgehead atoms. The molecule has 1 aromatic heterocycles. The van der Waals surface area contributed by atoms with Gasteiger partial charge >= 0.3 is 0 Å². The van der Waals surface area contributed by atoms with Gasteiger partial charge in [0.15, 0.2) is 0 Å². The smallest absolute Gasteiger partial charge is 0.126 e. The van der Waals surface area contributed by atoms with Crippen LogP contribution in [-0.4, -0.2) is 17.6 Å². The molecule has 1 aromatic carbocycles. The van der Waals surface area contributed by atoms with Crippen LogP contribution in [0.1, 0.15) is 13.8 Å². The van der Waals surface area contributed by atoms with E-state index in [0.29, 0.717) is 18.5 Å². The minimum atomic E-state index is 0.327. The number of pyridine rings is 1. The average Bonchev–Trinajstić information content (AvgIpc) is 2.37. The van der Waals surface area contributed by atoms with Crippen molar-refractivity contribution >= 4 is 16.7 Å². The molecular weight excluding hydrogens is 210 g/mol. The number of nitrogens with two attached hydrogens (primary N) is 1. The zero-order valence-corrected chi connectivity index (χ0v) is 10.4. The summed E-state index contributed by atoms with van der Waals surface area (Å²) < 4.78 is 0. The Balaban J connectivity index is 2.19. The zero-order chi connectivity index (χ0) is 12.3. The van der Waals surface area contributed by atoms with Crippen molar-refractivity contribution in [3.63, 3.8) is 0 Å². The number of rotatable bonds is 4. The first-order valence-electron chi connectivity index (χ1n) is 6.03. The van der Waals surface area contributed by atoms with Crippen LogP contribution in [0.2, 0.25) is 0 Å². The largest absolute Gasteiger partial charge is 0.367 e. The molecule has 0 saturated carbocycles. The number of hydrogen-bond donors (Lipinski definition) is 2. The average molecular weight is 229 g/mol. The van der Waals surface area contributed by atoms with Crippen molar-refractivity contribution in [3.8, 4) is 0 Å². The summed E-state index contributed by atoms with van der Waals surface area (Å²) in [6.07, 6.45) is 0. The molecule has 3 nitrogen and oxygen atoms in total. The van der Waals surface area contributed by atoms with Gasteiger partial charge in [0.25, 0.3) is 0 Å². The molecule has 0 aliphatic carbocycles. The minimum absolute atomic E-state index is 0.327. The molecule has 3 heteroatoms. The Bertz CT molecular complexity index is 496. The van der Waals surface area contributed by atoms with E-state index < -0.39 is 0 Å². The highest BCUT2D eigenvalue weighted by atomic mass is 15.0. The van der Waals surface area contributed by atoms with Crippen LogP contribution in [0.3, 0.4) is 0 Å². The Labute approximate surface area is 102 Å². The lowest BCUT2D eigenvalue weighted by Gasteiger charge is -2.20. The summed E-state index contributed by atoms with van der Waals surface area (Å²) in [7, 11) is 0. The van der Waals surface area contributed by atoms with Gasteiger partial charge in [0.2, 0.25) is 0 Å². The highest BCUT2D eigenvalue weighted by Gasteiger charge is 2.10. The molecule has 0 amide bonds. The van der Waals surface area contributed by atoms with E-state index in [-0.39, 0.29) is 0 Å². The fourth-order valence-electron chi connectivity index (χ4n) is 1.73. The first-order valence-corrected chi connectivity index (χ1v) is 6.03. The van der Waals surface area contributed by atoms with Crippen molar-refractivity contribution in [2.45, 2.75) is 19.9 Å². The molecule has 2 atom stereocenters. The van der Waals surface area contributed by atoms with Crippen molar-refractivity contribution in [2.75, 3.05) is 11.9 Å². The van der Waals surface area contributed by atoms with Gasteiger partial charge in [0.05, 0.1) is 5.52 Å². The number of nitrogens with zero attached hydrogens (tertiary/aromatic N) is 1. The number of nitrogens with one attached hydrogen (secondary N) is 1. The minimum Gasteiger partial charge on any atom is -0.367 e. The van der Waals surface area contributed by atoms with E-state index in [9.17, 15) is 0 Å². The highest BCUT2D eigenvalue weighted by Crippen LogP contribution is 2.16. The van der Waals surface area contributed by atoms with Crippen molar-refractivity contribution in [3.05, 3.63) is 36.4 Å². The zero-order valence-electron chi connectivity index (χ0n) is 10.4. The van der Waals surface area contributed by atoms with Crippen molar-refractivity contribution < 1.29 is 0 Å². The molecule has 2 aromatic rings. The number of hydrogen-bond acceptors (Lipinski definition) is 3. The molecule has 0 fully saturated rings. The van der Waals surface area contributed by atoms with Gasteiger partial charge in [-0.2, -0.15) is 0 Å². The summed E-state index contributed by atoms with van der Waals surface area (Å²) in [6, 6.07) is 12.6. The van der Waals surface area contributed by atoms with Crippen molar-refractivity contribution in [1.82, 2.24) is 4.98 Å². The van der Waals surface area contributed by atoms with Crippen LogP contribution < -0.4 is 11.1 Å². The summed E-state index contributed by atoms with van der Waals surface area (Å²) in [4.78, 5) is 4.58. The number of para-hydroxylation sites is 1. The van der Waals surface area contributed by atoms with Crippen LogP contribution in [0.5, 0.6) is 0 Å². The van der Waals surface area contributed by atoms with Crippen LogP contribution in [0.15, 0.2) is 36.4 Å². The number of benzene rings is 1. The molecule has 0 saturated heterocycles. The molecule has 0 aliphatic heterocycles. The van der Waals surface area contributed by atoms with Crippen LogP contribution in [0.25, 0.3) is 10.9 Å². The lowest BCUT2D eigenvalue weighted by atomic mass is 10.0. The number of aromatic nitrogens is 1. The summed E-state index contributed by atoms with van der Waals surface area (Å²) in [5.74, 6) is 1.35. The predicted octanol–water partition coefficient (Wildman–Crippen LogP) is 2.63. The second-order valence-corrected chi connectivity index (χ2v) is 4.54. The molecule has 3 N–H and O–H groups in total. The summed E-state index contributed by atoms with van der Waals surface area (Å²) in [5.41, 5.74) is 6.68. The van der Waals surface area contributed by atoms with Crippen LogP contribution >= 0.6 is 0 Å². The van der Waals surface area contributed by atoms with Gasteiger partial charge in [-0.3, -0.25) is 0 Å². The molecule has 2 rings (SSSR count). The fraction of sp³-hybridized carbons (Fsp3) is 0.357. The summed E-state index contributed by atoms with van der Waals surface area (Å²) in [6.45, 7) is 4.95. The lowest BCUT2D eigenvalue weighted by molar-refractivity contribution is 0.520. The fourth-order valence-corrected chi connectivity index (χ4v) is 1.73. The number of anilines is 1. The normalized spacial score (nSPS) is 14.5. The second-order valence-electron chi connectivity index (χ2n) is 4.54. The van der Waals surface area contributed by atoms with Gasteiger partial charge in [0, 0.05) is 11.4 Å².